The van der Waals surface area contributed by atoms with Crippen molar-refractivity contribution in [2.24, 2.45) is 0 Å². The van der Waals surface area contributed by atoms with Crippen LogP contribution in [-0.2, 0) is 16.1 Å². The fourth-order valence-electron chi connectivity index (χ4n) is 3.70. The molecule has 8 heteroatoms. The molecule has 0 saturated carbocycles. The SMILES string of the molecule is COc1ccc(/C(O)=C2\C(=O)C(=O)N(CCCn3ccnc3)[C@@H]2c2ccccn2)cc1. The van der Waals surface area contributed by atoms with E-state index in [9.17, 15) is 14.7 Å². The first-order chi connectivity index (χ1) is 15.1. The number of aryl methyl sites for hydroxylation is 1. The van der Waals surface area contributed by atoms with Gasteiger partial charge in [-0.3, -0.25) is 14.6 Å². The predicted molar refractivity (Wildman–Crippen MR) is 113 cm³/mol. The minimum absolute atomic E-state index is 0.0384. The number of hydrogen-bond acceptors (Lipinski definition) is 6. The summed E-state index contributed by atoms with van der Waals surface area (Å²) in [5, 5.41) is 11.0. The van der Waals surface area contributed by atoms with Crippen molar-refractivity contribution in [3.8, 4) is 5.75 Å². The number of carbonyl (C=O) groups excluding carboxylic acids is 2. The Bertz CT molecular complexity index is 1090. The molecule has 1 aromatic carbocycles. The summed E-state index contributed by atoms with van der Waals surface area (Å²) in [4.78, 5) is 35.7. The van der Waals surface area contributed by atoms with E-state index in [1.807, 2.05) is 10.8 Å². The van der Waals surface area contributed by atoms with Gasteiger partial charge < -0.3 is 19.3 Å². The van der Waals surface area contributed by atoms with Crippen molar-refractivity contribution < 1.29 is 19.4 Å². The zero-order valence-electron chi connectivity index (χ0n) is 17.0. The van der Waals surface area contributed by atoms with E-state index in [2.05, 4.69) is 9.97 Å². The van der Waals surface area contributed by atoms with Gasteiger partial charge in [0.15, 0.2) is 0 Å². The van der Waals surface area contributed by atoms with Gasteiger partial charge in [0.25, 0.3) is 11.7 Å². The van der Waals surface area contributed by atoms with Crippen LogP contribution in [0.1, 0.15) is 23.7 Å². The van der Waals surface area contributed by atoms with Crippen LogP contribution in [0.15, 0.2) is 73.0 Å². The number of ketones is 1. The van der Waals surface area contributed by atoms with Crippen molar-refractivity contribution in [3.05, 3.63) is 84.2 Å². The van der Waals surface area contributed by atoms with Crippen LogP contribution in [0.4, 0.5) is 0 Å². The zero-order chi connectivity index (χ0) is 21.8. The Morgan fingerprint density at radius 2 is 1.90 bits per heavy atom. The zero-order valence-corrected chi connectivity index (χ0v) is 17.0. The average molecular weight is 418 g/mol. The van der Waals surface area contributed by atoms with Gasteiger partial charge in [-0.15, -0.1) is 0 Å². The van der Waals surface area contributed by atoms with Crippen LogP contribution in [0.2, 0.25) is 0 Å². The molecule has 4 rings (SSSR count). The van der Waals surface area contributed by atoms with E-state index >= 15 is 0 Å². The van der Waals surface area contributed by atoms with Gasteiger partial charge in [0.1, 0.15) is 17.6 Å². The standard InChI is InChI=1S/C23H22N4O4/c1-31-17-8-6-16(7-9-17)21(28)19-20(18-5-2-3-10-25-18)27(23(30)22(19)29)13-4-12-26-14-11-24-15-26/h2-3,5-11,14-15,20,28H,4,12-13H2,1H3/b21-19+/t20-/m1/s1. The lowest BCUT2D eigenvalue weighted by molar-refractivity contribution is -0.140. The fraction of sp³-hybridized carbons (Fsp3) is 0.217. The number of hydrogen-bond donors (Lipinski definition) is 1. The summed E-state index contributed by atoms with van der Waals surface area (Å²) in [5.74, 6) is -0.963. The summed E-state index contributed by atoms with van der Waals surface area (Å²) in [7, 11) is 1.55. The molecule has 3 heterocycles. The number of rotatable bonds is 7. The van der Waals surface area contributed by atoms with Crippen molar-refractivity contribution in [1.29, 1.82) is 0 Å². The highest BCUT2D eigenvalue weighted by molar-refractivity contribution is 6.46. The van der Waals surface area contributed by atoms with E-state index in [1.165, 1.54) is 4.90 Å². The van der Waals surface area contributed by atoms with E-state index in [4.69, 9.17) is 4.74 Å². The number of likely N-dealkylation sites (tertiary alicyclic amines) is 1. The summed E-state index contributed by atoms with van der Waals surface area (Å²) in [6, 6.07) is 11.2. The maximum Gasteiger partial charge on any atom is 0.295 e. The molecule has 2 aromatic heterocycles. The Kier molecular flexibility index (Phi) is 5.79. The Labute approximate surface area is 179 Å². The van der Waals surface area contributed by atoms with E-state index in [0.717, 1.165) is 0 Å². The van der Waals surface area contributed by atoms with Gasteiger partial charge in [-0.2, -0.15) is 0 Å². The van der Waals surface area contributed by atoms with Gasteiger partial charge in [-0.1, -0.05) is 6.07 Å². The Balaban J connectivity index is 1.70. The van der Waals surface area contributed by atoms with E-state index < -0.39 is 17.7 Å². The maximum atomic E-state index is 13.0. The molecule has 1 N–H and O–H groups in total. The monoisotopic (exact) mass is 418 g/mol. The maximum absolute atomic E-state index is 13.0. The van der Waals surface area contributed by atoms with Crippen molar-refractivity contribution in [2.45, 2.75) is 19.0 Å². The molecule has 1 saturated heterocycles. The van der Waals surface area contributed by atoms with Crippen LogP contribution >= 0.6 is 0 Å². The number of amides is 1. The van der Waals surface area contributed by atoms with Gasteiger partial charge in [0.05, 0.1) is 24.7 Å². The Hall–Kier alpha value is -3.94. The molecule has 0 radical (unpaired) electrons. The van der Waals surface area contributed by atoms with Crippen molar-refractivity contribution in [3.63, 3.8) is 0 Å². The summed E-state index contributed by atoms with van der Waals surface area (Å²) < 4.78 is 7.06. The number of methoxy groups -OCH3 is 1. The highest BCUT2D eigenvalue weighted by atomic mass is 16.5. The van der Waals surface area contributed by atoms with Crippen LogP contribution in [-0.4, -0.2) is 49.9 Å². The minimum atomic E-state index is -0.758. The summed E-state index contributed by atoms with van der Waals surface area (Å²) in [6.45, 7) is 0.986. The number of aliphatic hydroxyl groups excluding tert-OH is 1. The Morgan fingerprint density at radius 3 is 2.55 bits per heavy atom. The number of pyridine rings is 1. The van der Waals surface area contributed by atoms with E-state index in [-0.39, 0.29) is 11.3 Å². The molecule has 0 spiro atoms. The fourth-order valence-corrected chi connectivity index (χ4v) is 3.70. The molecule has 1 aliphatic rings. The quantitative estimate of drug-likeness (QED) is 0.360. The number of benzene rings is 1. The topological polar surface area (TPSA) is 97.6 Å². The largest absolute Gasteiger partial charge is 0.507 e. The minimum Gasteiger partial charge on any atom is -0.507 e. The van der Waals surface area contributed by atoms with E-state index in [1.54, 1.807) is 68.3 Å². The van der Waals surface area contributed by atoms with Crippen LogP contribution in [0, 0.1) is 0 Å². The molecule has 1 fully saturated rings. The molecular weight excluding hydrogens is 396 g/mol. The highest BCUT2D eigenvalue weighted by Gasteiger charge is 2.46. The third-order valence-electron chi connectivity index (χ3n) is 5.25. The molecule has 1 amide bonds. The normalized spacial score (nSPS) is 17.8. The summed E-state index contributed by atoms with van der Waals surface area (Å²) in [6.07, 6.45) is 7.46. The van der Waals surface area contributed by atoms with Crippen LogP contribution in [0.5, 0.6) is 5.75 Å². The van der Waals surface area contributed by atoms with Gasteiger partial charge in [0.2, 0.25) is 0 Å². The van der Waals surface area contributed by atoms with Crippen molar-refractivity contribution in [2.75, 3.05) is 13.7 Å². The number of aliphatic hydroxyl groups is 1. The summed E-state index contributed by atoms with van der Waals surface area (Å²) >= 11 is 0. The van der Waals surface area contributed by atoms with Crippen LogP contribution < -0.4 is 4.74 Å². The number of carbonyl (C=O) groups is 2. The number of Topliss-reactive ketones (excluding diaryl/α,β-unsaturated/α-hetero) is 1. The first-order valence-electron chi connectivity index (χ1n) is 9.89. The Morgan fingerprint density at radius 1 is 1.10 bits per heavy atom. The van der Waals surface area contributed by atoms with Crippen molar-refractivity contribution in [1.82, 2.24) is 19.4 Å². The lowest BCUT2D eigenvalue weighted by Crippen LogP contribution is -2.31. The molecule has 1 aliphatic heterocycles. The number of ether oxygens (including phenoxy) is 1. The number of nitrogens with zero attached hydrogens (tertiary/aromatic N) is 4. The number of aromatic nitrogens is 3. The molecule has 0 unspecified atom stereocenters. The lowest BCUT2D eigenvalue weighted by atomic mass is 9.98. The second-order valence-electron chi connectivity index (χ2n) is 7.13. The van der Waals surface area contributed by atoms with Crippen LogP contribution in [0.3, 0.4) is 0 Å². The molecule has 0 aliphatic carbocycles. The first-order valence-corrected chi connectivity index (χ1v) is 9.89. The lowest BCUT2D eigenvalue weighted by Gasteiger charge is -2.24. The second-order valence-corrected chi connectivity index (χ2v) is 7.13. The predicted octanol–water partition coefficient (Wildman–Crippen LogP) is 2.80. The second kappa shape index (κ2) is 8.83. The van der Waals surface area contributed by atoms with Crippen LogP contribution in [0.25, 0.3) is 5.76 Å². The number of imidazole rings is 1. The third-order valence-corrected chi connectivity index (χ3v) is 5.25. The molecule has 1 atom stereocenters. The highest BCUT2D eigenvalue weighted by Crippen LogP contribution is 2.38. The summed E-state index contributed by atoms with van der Waals surface area (Å²) in [5.41, 5.74) is 0.994. The molecule has 158 valence electrons. The molecule has 0 bridgehead atoms. The van der Waals surface area contributed by atoms with Gasteiger partial charge >= 0.3 is 0 Å². The van der Waals surface area contributed by atoms with Gasteiger partial charge in [-0.05, 0) is 42.8 Å². The average Bonchev–Trinajstić information content (AvgIpc) is 3.41. The molecule has 8 nitrogen and oxygen atoms in total. The van der Waals surface area contributed by atoms with Gasteiger partial charge in [0, 0.05) is 37.2 Å². The molecular formula is C23H22N4O4. The molecule has 31 heavy (non-hydrogen) atoms. The smallest absolute Gasteiger partial charge is 0.295 e. The van der Waals surface area contributed by atoms with Gasteiger partial charge in [-0.25, -0.2) is 4.98 Å². The first kappa shape index (κ1) is 20.3. The van der Waals surface area contributed by atoms with E-state index in [0.29, 0.717) is 36.5 Å². The van der Waals surface area contributed by atoms with Crippen molar-refractivity contribution >= 4 is 17.4 Å². The molecule has 3 aromatic rings. The third kappa shape index (κ3) is 4.05.